The molecule has 0 fully saturated rings. The molecule has 6 nitrogen and oxygen atoms in total. The molecule has 0 aliphatic carbocycles. The van der Waals surface area contributed by atoms with Crippen LogP contribution in [0.1, 0.15) is 11.4 Å². The zero-order chi connectivity index (χ0) is 17.2. The van der Waals surface area contributed by atoms with Crippen LogP contribution in [0.2, 0.25) is 0 Å². The van der Waals surface area contributed by atoms with Crippen molar-refractivity contribution < 1.29 is 18.0 Å². The van der Waals surface area contributed by atoms with Gasteiger partial charge in [0, 0.05) is 10.2 Å². The van der Waals surface area contributed by atoms with Crippen molar-refractivity contribution in [1.82, 2.24) is 14.9 Å². The molecule has 11 heteroatoms. The largest absolute Gasteiger partial charge is 0.453 e. The number of carbonyl (C=O) groups is 1. The fraction of sp³-hybridized carbons (Fsp3) is 0.250. The van der Waals surface area contributed by atoms with Crippen molar-refractivity contribution in [2.75, 3.05) is 16.9 Å². The molecular weight excluding hydrogens is 399 g/mol. The molecule has 0 saturated heterocycles. The average Bonchev–Trinajstić information content (AvgIpc) is 2.82. The standard InChI is InChI=1S/C12H11BrF3N5OS/c1-6-2-3-7(4-8(6)13)18-9(22)5-23-11-20-19-10(21(11)17)12(14,15)16/h2-4H,5,17H2,1H3,(H,18,22). The third-order valence-electron chi connectivity index (χ3n) is 2.71. The summed E-state index contributed by atoms with van der Waals surface area (Å²) >= 11 is 4.10. The molecule has 1 heterocycles. The molecule has 0 bridgehead atoms. The summed E-state index contributed by atoms with van der Waals surface area (Å²) in [7, 11) is 0. The van der Waals surface area contributed by atoms with Gasteiger partial charge in [-0.05, 0) is 24.6 Å². The Morgan fingerprint density at radius 2 is 2.13 bits per heavy atom. The van der Waals surface area contributed by atoms with Crippen LogP contribution in [0.3, 0.4) is 0 Å². The van der Waals surface area contributed by atoms with Gasteiger partial charge in [-0.1, -0.05) is 33.8 Å². The lowest BCUT2D eigenvalue weighted by Crippen LogP contribution is -2.22. The first-order chi connectivity index (χ1) is 10.7. The number of benzene rings is 1. The number of hydrogen-bond acceptors (Lipinski definition) is 5. The number of nitrogens with two attached hydrogens (primary N) is 1. The second-order valence-corrected chi connectivity index (χ2v) is 6.27. The fourth-order valence-electron chi connectivity index (χ4n) is 1.57. The molecule has 0 spiro atoms. The van der Waals surface area contributed by atoms with Crippen LogP contribution in [-0.4, -0.2) is 26.5 Å². The van der Waals surface area contributed by atoms with E-state index in [4.69, 9.17) is 5.84 Å². The maximum absolute atomic E-state index is 12.5. The molecule has 0 saturated carbocycles. The third kappa shape index (κ3) is 4.38. The number of aromatic nitrogens is 3. The van der Waals surface area contributed by atoms with E-state index >= 15 is 0 Å². The number of alkyl halides is 3. The van der Waals surface area contributed by atoms with E-state index in [9.17, 15) is 18.0 Å². The van der Waals surface area contributed by atoms with Crippen molar-refractivity contribution in [3.63, 3.8) is 0 Å². The van der Waals surface area contributed by atoms with Gasteiger partial charge in [-0.3, -0.25) is 4.79 Å². The summed E-state index contributed by atoms with van der Waals surface area (Å²) < 4.78 is 38.7. The van der Waals surface area contributed by atoms with Crippen molar-refractivity contribution >= 4 is 39.3 Å². The van der Waals surface area contributed by atoms with Crippen molar-refractivity contribution in [1.29, 1.82) is 0 Å². The van der Waals surface area contributed by atoms with Gasteiger partial charge in [0.15, 0.2) is 0 Å². The van der Waals surface area contributed by atoms with Gasteiger partial charge in [0.1, 0.15) is 0 Å². The van der Waals surface area contributed by atoms with E-state index in [1.54, 1.807) is 12.1 Å². The van der Waals surface area contributed by atoms with Gasteiger partial charge in [-0.15, -0.1) is 10.2 Å². The van der Waals surface area contributed by atoms with Gasteiger partial charge in [-0.2, -0.15) is 13.2 Å². The molecule has 1 aromatic heterocycles. The molecule has 0 unspecified atom stereocenters. The molecule has 124 valence electrons. The SMILES string of the molecule is Cc1ccc(NC(=O)CSc2nnc(C(F)(F)F)n2N)cc1Br. The lowest BCUT2D eigenvalue weighted by Gasteiger charge is -2.07. The maximum Gasteiger partial charge on any atom is 0.453 e. The smallest absolute Gasteiger partial charge is 0.335 e. The highest BCUT2D eigenvalue weighted by Crippen LogP contribution is 2.29. The van der Waals surface area contributed by atoms with Gasteiger partial charge in [0.25, 0.3) is 5.82 Å². The summed E-state index contributed by atoms with van der Waals surface area (Å²) in [5.74, 6) is 3.41. The van der Waals surface area contributed by atoms with Crippen LogP contribution in [0.15, 0.2) is 27.8 Å². The molecule has 0 aliphatic rings. The number of hydrogen-bond donors (Lipinski definition) is 2. The maximum atomic E-state index is 12.5. The van der Waals surface area contributed by atoms with E-state index in [0.29, 0.717) is 10.4 Å². The number of aryl methyl sites for hydroxylation is 1. The number of anilines is 1. The number of thioether (sulfide) groups is 1. The average molecular weight is 410 g/mol. The Bertz CT molecular complexity index is 734. The zero-order valence-electron chi connectivity index (χ0n) is 11.7. The monoisotopic (exact) mass is 409 g/mol. The lowest BCUT2D eigenvalue weighted by molar-refractivity contribution is -0.146. The van der Waals surface area contributed by atoms with Crippen molar-refractivity contribution in [2.24, 2.45) is 0 Å². The van der Waals surface area contributed by atoms with E-state index in [1.807, 2.05) is 13.0 Å². The van der Waals surface area contributed by atoms with E-state index in [1.165, 1.54) is 0 Å². The lowest BCUT2D eigenvalue weighted by atomic mass is 10.2. The molecule has 0 aliphatic heterocycles. The quantitative estimate of drug-likeness (QED) is 0.598. The summed E-state index contributed by atoms with van der Waals surface area (Å²) in [6.45, 7) is 1.90. The first kappa shape index (κ1) is 17.6. The van der Waals surface area contributed by atoms with Crippen molar-refractivity contribution in [2.45, 2.75) is 18.3 Å². The van der Waals surface area contributed by atoms with Gasteiger partial charge < -0.3 is 11.2 Å². The van der Waals surface area contributed by atoms with E-state index in [2.05, 4.69) is 31.4 Å². The molecule has 3 N–H and O–H groups in total. The Kier molecular flexibility index (Phi) is 5.19. The number of rotatable bonds is 4. The summed E-state index contributed by atoms with van der Waals surface area (Å²) in [6, 6.07) is 5.26. The van der Waals surface area contributed by atoms with Crippen LogP contribution < -0.4 is 11.2 Å². The zero-order valence-corrected chi connectivity index (χ0v) is 14.1. The Morgan fingerprint density at radius 1 is 1.43 bits per heavy atom. The Balaban J connectivity index is 1.97. The minimum absolute atomic E-state index is 0.154. The summed E-state index contributed by atoms with van der Waals surface area (Å²) in [6.07, 6.45) is -4.70. The normalized spacial score (nSPS) is 11.5. The fourth-order valence-corrected chi connectivity index (χ4v) is 2.60. The van der Waals surface area contributed by atoms with Crippen LogP contribution in [0.4, 0.5) is 18.9 Å². The second kappa shape index (κ2) is 6.79. The van der Waals surface area contributed by atoms with Gasteiger partial charge in [0.2, 0.25) is 11.1 Å². The van der Waals surface area contributed by atoms with Gasteiger partial charge in [0.05, 0.1) is 5.75 Å². The topological polar surface area (TPSA) is 85.8 Å². The van der Waals surface area contributed by atoms with Crippen LogP contribution in [-0.2, 0) is 11.0 Å². The second-order valence-electron chi connectivity index (χ2n) is 4.47. The van der Waals surface area contributed by atoms with Crippen molar-refractivity contribution in [3.05, 3.63) is 34.1 Å². The highest BCUT2D eigenvalue weighted by Gasteiger charge is 2.38. The first-order valence-corrected chi connectivity index (χ1v) is 7.93. The highest BCUT2D eigenvalue weighted by atomic mass is 79.9. The number of nitrogens with zero attached hydrogens (tertiary/aromatic N) is 3. The molecule has 2 rings (SSSR count). The number of amides is 1. The number of carbonyl (C=O) groups excluding carboxylic acids is 1. The molecule has 0 radical (unpaired) electrons. The Labute approximate surface area is 141 Å². The van der Waals surface area contributed by atoms with Gasteiger partial charge in [-0.25, -0.2) is 4.68 Å². The minimum atomic E-state index is -4.70. The molecule has 23 heavy (non-hydrogen) atoms. The Hall–Kier alpha value is -1.75. The Morgan fingerprint density at radius 3 is 2.70 bits per heavy atom. The number of nitrogens with one attached hydrogen (secondary N) is 1. The first-order valence-electron chi connectivity index (χ1n) is 6.15. The minimum Gasteiger partial charge on any atom is -0.335 e. The summed E-state index contributed by atoms with van der Waals surface area (Å²) in [5, 5.41) is 8.73. The van der Waals surface area contributed by atoms with E-state index in [-0.39, 0.29) is 10.9 Å². The van der Waals surface area contributed by atoms with Crippen LogP contribution in [0, 0.1) is 6.92 Å². The molecule has 2 aromatic rings. The molecule has 1 amide bonds. The molecule has 0 atom stereocenters. The van der Waals surface area contributed by atoms with Crippen LogP contribution in [0.5, 0.6) is 0 Å². The molecular formula is C12H11BrF3N5OS. The predicted octanol–water partition coefficient (Wildman–Crippen LogP) is 2.81. The summed E-state index contributed by atoms with van der Waals surface area (Å²) in [5.41, 5.74) is 1.58. The van der Waals surface area contributed by atoms with E-state index in [0.717, 1.165) is 21.8 Å². The van der Waals surface area contributed by atoms with Crippen LogP contribution >= 0.6 is 27.7 Å². The number of halogens is 4. The number of nitrogen functional groups attached to an aromatic ring is 1. The predicted molar refractivity (Wildman–Crippen MR) is 83.4 cm³/mol. The molecule has 1 aromatic carbocycles. The van der Waals surface area contributed by atoms with Gasteiger partial charge >= 0.3 is 6.18 Å². The van der Waals surface area contributed by atoms with E-state index < -0.39 is 17.9 Å². The highest BCUT2D eigenvalue weighted by molar-refractivity contribution is 9.10. The summed E-state index contributed by atoms with van der Waals surface area (Å²) in [4.78, 5) is 11.8. The van der Waals surface area contributed by atoms with Crippen LogP contribution in [0.25, 0.3) is 0 Å². The van der Waals surface area contributed by atoms with Crippen molar-refractivity contribution in [3.8, 4) is 0 Å². The third-order valence-corrected chi connectivity index (χ3v) is 4.50.